The predicted octanol–water partition coefficient (Wildman–Crippen LogP) is 10.0. The molecule has 2 saturated heterocycles. The van der Waals surface area contributed by atoms with Crippen molar-refractivity contribution in [3.8, 4) is 35.6 Å². The first kappa shape index (κ1) is 52.7. The molecule has 9 rings (SSSR count). The van der Waals surface area contributed by atoms with Crippen LogP contribution in [-0.4, -0.2) is 91.5 Å². The third-order valence-electron chi connectivity index (χ3n) is 13.6. The molecule has 4 fully saturated rings. The standard InChI is InChI=1S/C25H27N5O2.C17H21N3O3.C14H10N2O2/c1-27-29-24(32-23-5-3-2-4-6-23)28-21-9-7-20(8-10-21)25(19-26)13-11-22(12-14-25)30-15-17-31-18-16-30;18-13-17(14-1-3-16(4-2-14)20(21)22)7-5-15(6-8-17)19-9-11-23-12-10-19;15-11-16-14(17-12-7-3-1-4-8-12)18-13-9-5-2-6-10-13/h2-10,22H,11-18H2,(H,28,29);1-4,15H,5-12H2;1-10H. The van der Waals surface area contributed by atoms with Crippen LogP contribution in [0.25, 0.3) is 4.95 Å². The number of non-ortho nitro benzene ring substituents is 1. The molecule has 0 spiro atoms. The van der Waals surface area contributed by atoms with Crippen LogP contribution in [-0.2, 0) is 20.3 Å². The highest BCUT2D eigenvalue weighted by atomic mass is 16.7. The van der Waals surface area contributed by atoms with Gasteiger partial charge in [0.1, 0.15) is 22.3 Å². The molecular formula is C56H58N10O7. The Morgan fingerprint density at radius 1 is 0.630 bits per heavy atom. The Balaban J connectivity index is 0.000000168. The van der Waals surface area contributed by atoms with Crippen LogP contribution in [0, 0.1) is 50.8 Å². The van der Waals surface area contributed by atoms with Crippen LogP contribution in [0.15, 0.2) is 150 Å². The number of nitro benzene ring substituents is 1. The summed E-state index contributed by atoms with van der Waals surface area (Å²) in [7, 11) is 0. The normalized spacial score (nSPS) is 21.9. The third kappa shape index (κ3) is 14.9. The molecule has 2 heterocycles. The second kappa shape index (κ2) is 26.9. The van der Waals surface area contributed by atoms with Crippen LogP contribution in [0.2, 0.25) is 0 Å². The van der Waals surface area contributed by atoms with Crippen molar-refractivity contribution in [3.05, 3.63) is 172 Å². The van der Waals surface area contributed by atoms with E-state index in [9.17, 15) is 20.6 Å². The lowest BCUT2D eigenvalue weighted by Crippen LogP contribution is -2.47. The predicted molar refractivity (Wildman–Crippen MR) is 275 cm³/mol. The van der Waals surface area contributed by atoms with E-state index in [1.165, 1.54) is 12.1 Å². The van der Waals surface area contributed by atoms with E-state index in [2.05, 4.69) is 42.3 Å². The summed E-state index contributed by atoms with van der Waals surface area (Å²) >= 11 is 0. The van der Waals surface area contributed by atoms with Crippen LogP contribution in [0.5, 0.6) is 17.2 Å². The molecule has 0 aromatic heterocycles. The van der Waals surface area contributed by atoms with E-state index < -0.39 is 15.8 Å². The van der Waals surface area contributed by atoms with Crippen LogP contribution in [0.1, 0.15) is 62.5 Å². The van der Waals surface area contributed by atoms with Crippen LogP contribution < -0.4 is 19.5 Å². The van der Waals surface area contributed by atoms with Crippen molar-refractivity contribution in [2.24, 2.45) is 10.1 Å². The molecule has 0 bridgehead atoms. The summed E-state index contributed by atoms with van der Waals surface area (Å²) in [5.74, 6) is 1.71. The molecule has 0 radical (unpaired) electrons. The van der Waals surface area contributed by atoms with Gasteiger partial charge >= 0.3 is 12.1 Å². The fourth-order valence-electron chi connectivity index (χ4n) is 9.64. The molecule has 17 nitrogen and oxygen atoms in total. The van der Waals surface area contributed by atoms with Gasteiger partial charge in [-0.1, -0.05) is 83.9 Å². The number of nitrogens with one attached hydrogen (secondary N) is 1. The second-order valence-corrected chi connectivity index (χ2v) is 17.9. The van der Waals surface area contributed by atoms with Gasteiger partial charge in [0.25, 0.3) is 5.69 Å². The maximum atomic E-state index is 10.8. The van der Waals surface area contributed by atoms with E-state index in [-0.39, 0.29) is 17.8 Å². The number of morpholine rings is 2. The summed E-state index contributed by atoms with van der Waals surface area (Å²) in [5, 5.41) is 46.0. The Bertz CT molecular complexity index is 2700. The first-order valence-electron chi connectivity index (χ1n) is 24.4. The van der Waals surface area contributed by atoms with Gasteiger partial charge in [-0.05, 0) is 111 Å². The van der Waals surface area contributed by atoms with E-state index in [1.807, 2.05) is 78.9 Å². The minimum Gasteiger partial charge on any atom is -0.421 e. The number of nitro groups is 1. The summed E-state index contributed by atoms with van der Waals surface area (Å²) < 4.78 is 27.3. The Morgan fingerprint density at radius 2 is 1.03 bits per heavy atom. The van der Waals surface area contributed by atoms with E-state index in [4.69, 9.17) is 35.5 Å². The quantitative estimate of drug-likeness (QED) is 0.0365. The molecule has 2 aliphatic carbocycles. The SMILES string of the molecule is N#CC1(c2ccc([N+](=O)[O-])cc2)CCC(N2CCOCC2)CC1.N#CN=C(Oc1ccccc1)Oc1ccccc1.[C-]#[N+]/N=C(/Nc1ccc(C2(C#N)CCC(N3CCOCC3)CC2)cc1)Oc1ccccc1. The van der Waals surface area contributed by atoms with Gasteiger partial charge in [-0.25, -0.2) is 0 Å². The van der Waals surface area contributed by atoms with Gasteiger partial charge < -0.3 is 29.0 Å². The lowest BCUT2D eigenvalue weighted by Gasteiger charge is -2.41. The number of benzene rings is 5. The average Bonchev–Trinajstić information content (AvgIpc) is 3.45. The van der Waals surface area contributed by atoms with Gasteiger partial charge in [-0.3, -0.25) is 19.9 Å². The molecule has 4 aliphatic rings. The monoisotopic (exact) mass is 982 g/mol. The first-order chi connectivity index (χ1) is 35.7. The van der Waals surface area contributed by atoms with Crippen LogP contribution in [0.4, 0.5) is 11.4 Å². The van der Waals surface area contributed by atoms with Crippen molar-refractivity contribution in [1.82, 2.24) is 9.80 Å². The molecule has 5 aromatic carbocycles. The third-order valence-corrected chi connectivity index (χ3v) is 13.6. The van der Waals surface area contributed by atoms with E-state index in [1.54, 1.807) is 54.7 Å². The fraction of sp³-hybridized carbons (Fsp3) is 0.357. The minimum atomic E-state index is -0.502. The van der Waals surface area contributed by atoms with Crippen LogP contribution in [0.3, 0.4) is 0 Å². The highest BCUT2D eigenvalue weighted by Crippen LogP contribution is 2.42. The summed E-state index contributed by atoms with van der Waals surface area (Å²) in [6.07, 6.45) is 8.92. The lowest BCUT2D eigenvalue weighted by molar-refractivity contribution is -0.384. The molecule has 5 aromatic rings. The number of para-hydroxylation sites is 3. The summed E-state index contributed by atoms with van der Waals surface area (Å²) in [6.45, 7) is 14.2. The topological polar surface area (TPSA) is 208 Å². The van der Waals surface area contributed by atoms with E-state index >= 15 is 0 Å². The maximum Gasteiger partial charge on any atom is 0.410 e. The molecule has 17 heteroatoms. The van der Waals surface area contributed by atoms with Gasteiger partial charge in [0.05, 0.1) is 54.3 Å². The van der Waals surface area contributed by atoms with E-state index in [0.29, 0.717) is 29.3 Å². The molecule has 0 amide bonds. The Morgan fingerprint density at radius 3 is 1.40 bits per heavy atom. The Hall–Kier alpha value is -8.16. The lowest BCUT2D eigenvalue weighted by atomic mass is 9.69. The number of hydrogen-bond acceptors (Lipinski definition) is 14. The zero-order chi connectivity index (χ0) is 51.1. The van der Waals surface area contributed by atoms with Crippen molar-refractivity contribution in [2.75, 3.05) is 57.9 Å². The summed E-state index contributed by atoms with van der Waals surface area (Å²) in [5.41, 5.74) is 1.82. The Kier molecular flexibility index (Phi) is 19.4. The van der Waals surface area contributed by atoms with Crippen molar-refractivity contribution < 1.29 is 28.6 Å². The van der Waals surface area contributed by atoms with Crippen molar-refractivity contribution in [3.63, 3.8) is 0 Å². The molecule has 1 N–H and O–H groups in total. The molecule has 2 aliphatic heterocycles. The zero-order valence-corrected chi connectivity index (χ0v) is 40.6. The van der Waals surface area contributed by atoms with Gasteiger partial charge in [0.15, 0.2) is 0 Å². The number of aliphatic imine (C=N–C) groups is 1. The number of nitriles is 3. The summed E-state index contributed by atoms with van der Waals surface area (Å²) in [6, 6.07) is 47.8. The van der Waals surface area contributed by atoms with E-state index in [0.717, 1.165) is 121 Å². The average molecular weight is 983 g/mol. The first-order valence-corrected chi connectivity index (χ1v) is 24.4. The maximum absolute atomic E-state index is 10.8. The van der Waals surface area contributed by atoms with Gasteiger partial charge in [-0.15, -0.1) is 4.95 Å². The molecule has 0 unspecified atom stereocenters. The largest absolute Gasteiger partial charge is 0.421 e. The van der Waals surface area contributed by atoms with Gasteiger partial charge in [-0.2, -0.15) is 22.4 Å². The van der Waals surface area contributed by atoms with Gasteiger partial charge in [0, 0.05) is 56.1 Å². The molecule has 0 atom stereocenters. The highest BCUT2D eigenvalue weighted by Gasteiger charge is 2.40. The number of ether oxygens (including phenoxy) is 5. The number of rotatable bonds is 9. The smallest absolute Gasteiger partial charge is 0.410 e. The number of nitrogens with zero attached hydrogens (tertiary/aromatic N) is 9. The van der Waals surface area contributed by atoms with Crippen molar-refractivity contribution in [2.45, 2.75) is 74.3 Å². The number of anilines is 1. The number of hydrogen-bond donors (Lipinski definition) is 1. The minimum absolute atomic E-state index is 0.0730. The van der Waals surface area contributed by atoms with Gasteiger partial charge in [0.2, 0.25) is 6.19 Å². The van der Waals surface area contributed by atoms with Crippen molar-refractivity contribution in [1.29, 1.82) is 15.8 Å². The second-order valence-electron chi connectivity index (χ2n) is 17.9. The van der Waals surface area contributed by atoms with Crippen LogP contribution >= 0.6 is 0 Å². The van der Waals surface area contributed by atoms with Crippen molar-refractivity contribution >= 4 is 23.5 Å². The molecule has 374 valence electrons. The molecule has 2 saturated carbocycles. The summed E-state index contributed by atoms with van der Waals surface area (Å²) in [4.78, 5) is 21.9. The zero-order valence-electron chi connectivity index (χ0n) is 40.6. The number of amidine groups is 1. The highest BCUT2D eigenvalue weighted by molar-refractivity contribution is 5.90. The Labute approximate surface area is 426 Å². The molecular weight excluding hydrogens is 925 g/mol. The fourth-order valence-corrected chi connectivity index (χ4v) is 9.64. The molecule has 73 heavy (non-hydrogen) atoms.